The fourth-order valence-electron chi connectivity index (χ4n) is 2.96. The maximum atomic E-state index is 12.5. The molecule has 0 spiro atoms. The van der Waals surface area contributed by atoms with E-state index in [4.69, 9.17) is 4.52 Å². The normalized spacial score (nSPS) is 16.5. The van der Waals surface area contributed by atoms with Gasteiger partial charge in [-0.2, -0.15) is 10.1 Å². The zero-order chi connectivity index (χ0) is 18.0. The van der Waals surface area contributed by atoms with Crippen LogP contribution in [0.5, 0.6) is 0 Å². The smallest absolute Gasteiger partial charge is 0.272 e. The summed E-state index contributed by atoms with van der Waals surface area (Å²) in [5, 5.41) is 11.2. The van der Waals surface area contributed by atoms with E-state index in [9.17, 15) is 4.79 Å². The van der Waals surface area contributed by atoms with Crippen LogP contribution in [0, 0.1) is 0 Å². The molecule has 1 aliphatic heterocycles. The van der Waals surface area contributed by atoms with E-state index in [1.807, 2.05) is 24.6 Å². The Morgan fingerprint density at radius 2 is 2.16 bits per heavy atom. The van der Waals surface area contributed by atoms with E-state index in [1.54, 1.807) is 0 Å². The number of carbonyl (C=O) groups is 1. The van der Waals surface area contributed by atoms with Crippen LogP contribution in [0.25, 0.3) is 0 Å². The van der Waals surface area contributed by atoms with Crippen LogP contribution in [0.2, 0.25) is 0 Å². The average Bonchev–Trinajstić information content (AvgIpc) is 3.17. The van der Waals surface area contributed by atoms with Gasteiger partial charge < -0.3 is 9.84 Å². The Morgan fingerprint density at radius 1 is 1.36 bits per heavy atom. The monoisotopic (exact) mass is 346 g/mol. The molecule has 1 atom stereocenters. The zero-order valence-electron chi connectivity index (χ0n) is 15.3. The SMILES string of the molecule is CCc1noc([C@H](C)NC(=O)c2cc3n(n2)CCCN(C(C)C)C3)n1. The fourth-order valence-corrected chi connectivity index (χ4v) is 2.96. The molecular weight excluding hydrogens is 320 g/mol. The van der Waals surface area contributed by atoms with Crippen LogP contribution in [-0.4, -0.2) is 43.3 Å². The van der Waals surface area contributed by atoms with Crippen molar-refractivity contribution in [2.75, 3.05) is 6.54 Å². The van der Waals surface area contributed by atoms with Gasteiger partial charge in [0, 0.05) is 32.1 Å². The van der Waals surface area contributed by atoms with Gasteiger partial charge in [0.1, 0.15) is 6.04 Å². The topological polar surface area (TPSA) is 89.1 Å². The number of amides is 1. The molecule has 136 valence electrons. The number of hydrogen-bond acceptors (Lipinski definition) is 6. The first-order valence-electron chi connectivity index (χ1n) is 8.92. The highest BCUT2D eigenvalue weighted by atomic mass is 16.5. The lowest BCUT2D eigenvalue weighted by Crippen LogP contribution is -2.30. The van der Waals surface area contributed by atoms with Gasteiger partial charge in [-0.1, -0.05) is 12.1 Å². The number of carbonyl (C=O) groups excluding carboxylic acids is 1. The lowest BCUT2D eigenvalue weighted by Gasteiger charge is -2.23. The van der Waals surface area contributed by atoms with Crippen molar-refractivity contribution >= 4 is 5.91 Å². The largest absolute Gasteiger partial charge is 0.339 e. The van der Waals surface area contributed by atoms with Crippen LogP contribution < -0.4 is 5.32 Å². The summed E-state index contributed by atoms with van der Waals surface area (Å²) < 4.78 is 7.13. The maximum absolute atomic E-state index is 12.5. The summed E-state index contributed by atoms with van der Waals surface area (Å²) in [5.41, 5.74) is 1.51. The summed E-state index contributed by atoms with van der Waals surface area (Å²) in [6.45, 7) is 10.9. The molecule has 2 aromatic heterocycles. The summed E-state index contributed by atoms with van der Waals surface area (Å²) in [6.07, 6.45) is 1.73. The molecule has 3 rings (SSSR count). The van der Waals surface area contributed by atoms with Crippen molar-refractivity contribution in [3.63, 3.8) is 0 Å². The van der Waals surface area contributed by atoms with Crippen LogP contribution in [0.1, 0.15) is 68.1 Å². The number of nitrogens with one attached hydrogen (secondary N) is 1. The van der Waals surface area contributed by atoms with E-state index < -0.39 is 0 Å². The van der Waals surface area contributed by atoms with Gasteiger partial charge in [-0.25, -0.2) is 0 Å². The molecule has 0 bridgehead atoms. The highest BCUT2D eigenvalue weighted by molar-refractivity contribution is 5.92. The number of nitrogens with zero attached hydrogens (tertiary/aromatic N) is 5. The first-order valence-corrected chi connectivity index (χ1v) is 8.92. The van der Waals surface area contributed by atoms with E-state index >= 15 is 0 Å². The summed E-state index contributed by atoms with van der Waals surface area (Å²) in [7, 11) is 0. The van der Waals surface area contributed by atoms with Crippen LogP contribution >= 0.6 is 0 Å². The number of aromatic nitrogens is 4. The minimum Gasteiger partial charge on any atom is -0.339 e. The number of rotatable bonds is 5. The molecule has 1 N–H and O–H groups in total. The van der Waals surface area contributed by atoms with Crippen molar-refractivity contribution in [1.82, 2.24) is 30.1 Å². The van der Waals surface area contributed by atoms with Crippen LogP contribution in [0.4, 0.5) is 0 Å². The number of fused-ring (bicyclic) bond motifs is 1. The van der Waals surface area contributed by atoms with Gasteiger partial charge in [-0.15, -0.1) is 0 Å². The minimum absolute atomic E-state index is 0.222. The van der Waals surface area contributed by atoms with E-state index in [-0.39, 0.29) is 11.9 Å². The Bertz CT molecular complexity index is 735. The molecule has 0 unspecified atom stereocenters. The van der Waals surface area contributed by atoms with Crippen molar-refractivity contribution in [2.24, 2.45) is 0 Å². The van der Waals surface area contributed by atoms with Gasteiger partial charge in [0.25, 0.3) is 5.91 Å². The standard InChI is InChI=1S/C17H26N6O2/c1-5-15-19-17(25-21-15)12(4)18-16(24)14-9-13-10-22(11(2)3)7-6-8-23(13)20-14/h9,11-12H,5-8,10H2,1-4H3,(H,18,24)/t12-/m0/s1. The minimum atomic E-state index is -0.353. The van der Waals surface area contributed by atoms with Crippen molar-refractivity contribution in [3.8, 4) is 0 Å². The average molecular weight is 346 g/mol. The lowest BCUT2D eigenvalue weighted by atomic mass is 10.2. The van der Waals surface area contributed by atoms with E-state index in [0.717, 1.165) is 31.7 Å². The molecule has 1 aliphatic rings. The quantitative estimate of drug-likeness (QED) is 0.890. The highest BCUT2D eigenvalue weighted by Crippen LogP contribution is 2.17. The third kappa shape index (κ3) is 3.89. The molecule has 0 aliphatic carbocycles. The van der Waals surface area contributed by atoms with Gasteiger partial charge in [-0.3, -0.25) is 14.4 Å². The molecule has 0 saturated heterocycles. The Balaban J connectivity index is 1.70. The second-order valence-corrected chi connectivity index (χ2v) is 6.76. The van der Waals surface area contributed by atoms with E-state index in [1.165, 1.54) is 0 Å². The second-order valence-electron chi connectivity index (χ2n) is 6.76. The van der Waals surface area contributed by atoms with E-state index in [0.29, 0.717) is 29.9 Å². The Labute approximate surface area is 147 Å². The van der Waals surface area contributed by atoms with Gasteiger partial charge >= 0.3 is 0 Å². The Kier molecular flexibility index (Phi) is 5.17. The van der Waals surface area contributed by atoms with Crippen molar-refractivity contribution in [2.45, 2.75) is 65.7 Å². The Morgan fingerprint density at radius 3 is 2.84 bits per heavy atom. The first-order chi connectivity index (χ1) is 12.0. The molecule has 1 amide bonds. The first kappa shape index (κ1) is 17.6. The molecule has 25 heavy (non-hydrogen) atoms. The number of hydrogen-bond donors (Lipinski definition) is 1. The zero-order valence-corrected chi connectivity index (χ0v) is 15.3. The predicted octanol–water partition coefficient (Wildman–Crippen LogP) is 1.93. The Hall–Kier alpha value is -2.22. The van der Waals surface area contributed by atoms with Gasteiger partial charge in [-0.05, 0) is 33.3 Å². The fraction of sp³-hybridized carbons (Fsp3) is 0.647. The van der Waals surface area contributed by atoms with Gasteiger partial charge in [0.15, 0.2) is 11.5 Å². The van der Waals surface area contributed by atoms with E-state index in [2.05, 4.69) is 39.3 Å². The van der Waals surface area contributed by atoms with Crippen molar-refractivity contribution in [3.05, 3.63) is 29.2 Å². The van der Waals surface area contributed by atoms with Crippen molar-refractivity contribution in [1.29, 1.82) is 0 Å². The molecule has 0 fully saturated rings. The summed E-state index contributed by atoms with van der Waals surface area (Å²) >= 11 is 0. The van der Waals surface area contributed by atoms with Gasteiger partial charge in [0.05, 0.1) is 5.69 Å². The van der Waals surface area contributed by atoms with Crippen LogP contribution in [-0.2, 0) is 19.5 Å². The molecule has 8 heteroatoms. The summed E-state index contributed by atoms with van der Waals surface area (Å²) in [4.78, 5) is 19.2. The molecule has 0 saturated carbocycles. The molecule has 3 heterocycles. The third-order valence-electron chi connectivity index (χ3n) is 4.52. The van der Waals surface area contributed by atoms with Gasteiger partial charge in [0.2, 0.25) is 5.89 Å². The highest BCUT2D eigenvalue weighted by Gasteiger charge is 2.23. The summed E-state index contributed by atoms with van der Waals surface area (Å²) in [6, 6.07) is 2.01. The molecular formula is C17H26N6O2. The lowest BCUT2D eigenvalue weighted by molar-refractivity contribution is 0.0926. The summed E-state index contributed by atoms with van der Waals surface area (Å²) in [5.74, 6) is 0.830. The third-order valence-corrected chi connectivity index (χ3v) is 4.52. The number of aryl methyl sites for hydroxylation is 2. The molecule has 2 aromatic rings. The van der Waals surface area contributed by atoms with Crippen LogP contribution in [0.15, 0.2) is 10.6 Å². The molecule has 8 nitrogen and oxygen atoms in total. The molecule has 0 aromatic carbocycles. The van der Waals surface area contributed by atoms with Crippen LogP contribution in [0.3, 0.4) is 0 Å². The maximum Gasteiger partial charge on any atom is 0.272 e. The molecule has 0 radical (unpaired) electrons. The second kappa shape index (κ2) is 7.35. The predicted molar refractivity (Wildman–Crippen MR) is 91.9 cm³/mol. The van der Waals surface area contributed by atoms with Crippen molar-refractivity contribution < 1.29 is 9.32 Å².